The Hall–Kier alpha value is -6.58. The molecule has 2 aromatic heterocycles. The van der Waals surface area contributed by atoms with E-state index in [-0.39, 0.29) is 0 Å². The lowest BCUT2D eigenvalue weighted by atomic mass is 9.77. The number of rotatable bonds is 5. The molecule has 0 radical (unpaired) electrons. The van der Waals surface area contributed by atoms with Gasteiger partial charge in [-0.1, -0.05) is 121 Å². The Kier molecular flexibility index (Phi) is 7.44. The summed E-state index contributed by atoms with van der Waals surface area (Å²) < 4.78 is 5.04. The van der Waals surface area contributed by atoms with Crippen LogP contribution in [0.4, 0.5) is 5.69 Å². The van der Waals surface area contributed by atoms with Crippen molar-refractivity contribution in [3.8, 4) is 16.8 Å². The predicted molar refractivity (Wildman–Crippen MR) is 239 cm³/mol. The van der Waals surface area contributed by atoms with Crippen LogP contribution in [0.15, 0.2) is 187 Å². The number of fused-ring (bicyclic) bond motifs is 8. The van der Waals surface area contributed by atoms with E-state index in [1.54, 1.807) is 0 Å². The lowest BCUT2D eigenvalue weighted by molar-refractivity contribution is 0.520. The first-order valence-electron chi connectivity index (χ1n) is 20.8. The van der Waals surface area contributed by atoms with Crippen molar-refractivity contribution in [2.45, 2.75) is 44.4 Å². The zero-order chi connectivity index (χ0) is 37.5. The van der Waals surface area contributed by atoms with Crippen molar-refractivity contribution in [3.05, 3.63) is 204 Å². The van der Waals surface area contributed by atoms with Crippen molar-refractivity contribution < 1.29 is 0 Å². The summed E-state index contributed by atoms with van der Waals surface area (Å²) in [7, 11) is 0. The van der Waals surface area contributed by atoms with Crippen molar-refractivity contribution in [2.24, 2.45) is 5.92 Å². The minimum absolute atomic E-state index is 0.417. The third-order valence-corrected chi connectivity index (χ3v) is 13.2. The zero-order valence-electron chi connectivity index (χ0n) is 32.0. The molecule has 4 aliphatic rings. The van der Waals surface area contributed by atoms with Gasteiger partial charge in [0, 0.05) is 61.8 Å². The Morgan fingerprint density at radius 3 is 2.07 bits per heavy atom. The van der Waals surface area contributed by atoms with Gasteiger partial charge in [0.25, 0.3) is 0 Å². The molecule has 0 amide bonds. The molecule has 8 aromatic rings. The first-order valence-corrected chi connectivity index (χ1v) is 20.8. The topological polar surface area (TPSA) is 13.1 Å². The van der Waals surface area contributed by atoms with Gasteiger partial charge in [-0.25, -0.2) is 0 Å². The monoisotopic (exact) mass is 733 g/mol. The van der Waals surface area contributed by atoms with Gasteiger partial charge in [0.05, 0.1) is 16.6 Å². The number of allylic oxidation sites excluding steroid dienone is 6. The molecule has 3 nitrogen and oxygen atoms in total. The van der Waals surface area contributed by atoms with Gasteiger partial charge < -0.3 is 14.0 Å². The summed E-state index contributed by atoms with van der Waals surface area (Å²) >= 11 is 0. The van der Waals surface area contributed by atoms with Crippen molar-refractivity contribution in [1.82, 2.24) is 9.13 Å². The van der Waals surface area contributed by atoms with Crippen LogP contribution in [-0.4, -0.2) is 9.13 Å². The maximum atomic E-state index is 2.60. The fraction of sp³-hybridized carbons (Fsp3) is 0.148. The molecule has 0 saturated heterocycles. The number of benzene rings is 6. The van der Waals surface area contributed by atoms with Gasteiger partial charge in [-0.3, -0.25) is 0 Å². The zero-order valence-corrected chi connectivity index (χ0v) is 32.0. The maximum absolute atomic E-state index is 2.60. The molecular weight excluding hydrogens is 691 g/mol. The highest BCUT2D eigenvalue weighted by Crippen LogP contribution is 2.52. The molecule has 0 N–H and O–H groups in total. The van der Waals surface area contributed by atoms with Gasteiger partial charge in [0.15, 0.2) is 0 Å². The average Bonchev–Trinajstić information content (AvgIpc) is 3.92. The van der Waals surface area contributed by atoms with Crippen LogP contribution < -0.4 is 4.90 Å². The minimum atomic E-state index is 0.417. The summed E-state index contributed by atoms with van der Waals surface area (Å²) in [6, 6.07) is 56.2. The van der Waals surface area contributed by atoms with Crippen LogP contribution in [-0.2, 0) is 6.42 Å². The summed E-state index contributed by atoms with van der Waals surface area (Å²) in [5.41, 5.74) is 19.0. The highest BCUT2D eigenvalue weighted by atomic mass is 15.2. The quantitative estimate of drug-likeness (QED) is 0.172. The molecule has 12 rings (SSSR count). The highest BCUT2D eigenvalue weighted by molar-refractivity contribution is 6.11. The first-order chi connectivity index (χ1) is 28.3. The van der Waals surface area contributed by atoms with Crippen LogP contribution in [0.2, 0.25) is 0 Å². The first kappa shape index (κ1) is 32.6. The second-order valence-electron chi connectivity index (χ2n) is 16.3. The van der Waals surface area contributed by atoms with E-state index in [2.05, 4.69) is 190 Å². The van der Waals surface area contributed by atoms with E-state index in [0.717, 1.165) is 38.5 Å². The fourth-order valence-electron chi connectivity index (χ4n) is 10.6. The minimum Gasteiger partial charge on any atom is -0.317 e. The Labute approximate surface area is 333 Å². The van der Waals surface area contributed by atoms with Crippen LogP contribution >= 0.6 is 0 Å². The molecule has 57 heavy (non-hydrogen) atoms. The van der Waals surface area contributed by atoms with Gasteiger partial charge >= 0.3 is 0 Å². The lowest BCUT2D eigenvalue weighted by Crippen LogP contribution is -2.23. The van der Waals surface area contributed by atoms with Crippen molar-refractivity contribution in [1.29, 1.82) is 0 Å². The fourth-order valence-corrected chi connectivity index (χ4v) is 10.6. The van der Waals surface area contributed by atoms with E-state index in [1.807, 2.05) is 0 Å². The van der Waals surface area contributed by atoms with Gasteiger partial charge in [-0.15, -0.1) is 0 Å². The van der Waals surface area contributed by atoms with E-state index in [4.69, 9.17) is 0 Å². The molecule has 0 fully saturated rings. The summed E-state index contributed by atoms with van der Waals surface area (Å²) in [5.74, 6) is 0.885. The Morgan fingerprint density at radius 2 is 1.25 bits per heavy atom. The maximum Gasteiger partial charge on any atom is 0.0538 e. The average molecular weight is 734 g/mol. The molecule has 0 saturated carbocycles. The second kappa shape index (κ2) is 13.0. The van der Waals surface area contributed by atoms with E-state index >= 15 is 0 Å². The molecule has 0 spiro atoms. The van der Waals surface area contributed by atoms with Crippen molar-refractivity contribution in [2.75, 3.05) is 4.90 Å². The molecule has 274 valence electrons. The molecule has 2 atom stereocenters. The van der Waals surface area contributed by atoms with E-state index in [1.165, 1.54) is 94.7 Å². The molecule has 3 aliphatic carbocycles. The number of hydrogen-bond acceptors (Lipinski definition) is 1. The third kappa shape index (κ3) is 5.11. The van der Waals surface area contributed by atoms with Crippen molar-refractivity contribution >= 4 is 50.2 Å². The van der Waals surface area contributed by atoms with Gasteiger partial charge in [0.2, 0.25) is 0 Å². The number of hydrogen-bond donors (Lipinski definition) is 0. The van der Waals surface area contributed by atoms with E-state index in [0.29, 0.717) is 11.8 Å². The van der Waals surface area contributed by atoms with Gasteiger partial charge in [0.1, 0.15) is 0 Å². The third-order valence-electron chi connectivity index (χ3n) is 13.2. The Balaban J connectivity index is 0.915. The van der Waals surface area contributed by atoms with Crippen LogP contribution in [0, 0.1) is 5.92 Å². The SMILES string of the molecule is C1=CC2=C(CC1)N(c1ccc(-c3ccccc3)cc1)C1=CCC(c3ccc4c(c3)c3ccccc3n4C3=Cc4c(n(-c5ccccc5)c5ccccc45)CC3)CC12. The largest absolute Gasteiger partial charge is 0.317 e. The normalized spacial score (nSPS) is 18.8. The summed E-state index contributed by atoms with van der Waals surface area (Å²) in [6.07, 6.45) is 16.3. The van der Waals surface area contributed by atoms with Gasteiger partial charge in [-0.05, 0) is 121 Å². The smallest absolute Gasteiger partial charge is 0.0538 e. The van der Waals surface area contributed by atoms with Crippen LogP contribution in [0.25, 0.3) is 61.3 Å². The number of nitrogens with zero attached hydrogens (tertiary/aromatic N) is 3. The van der Waals surface area contributed by atoms with E-state index < -0.39 is 0 Å². The predicted octanol–water partition coefficient (Wildman–Crippen LogP) is 13.9. The highest BCUT2D eigenvalue weighted by Gasteiger charge is 2.40. The second-order valence-corrected chi connectivity index (χ2v) is 16.3. The summed E-state index contributed by atoms with van der Waals surface area (Å²) in [4.78, 5) is 2.60. The van der Waals surface area contributed by atoms with Gasteiger partial charge in [-0.2, -0.15) is 0 Å². The number of anilines is 1. The van der Waals surface area contributed by atoms with Crippen LogP contribution in [0.1, 0.15) is 54.8 Å². The Bertz CT molecular complexity index is 3000. The summed E-state index contributed by atoms with van der Waals surface area (Å²) in [5, 5.41) is 4.02. The molecule has 3 heterocycles. The summed E-state index contributed by atoms with van der Waals surface area (Å²) in [6.45, 7) is 0. The molecule has 1 aliphatic heterocycles. The molecule has 6 aromatic carbocycles. The van der Waals surface area contributed by atoms with E-state index in [9.17, 15) is 0 Å². The Morgan fingerprint density at radius 1 is 0.544 bits per heavy atom. The lowest BCUT2D eigenvalue weighted by Gasteiger charge is -2.32. The van der Waals surface area contributed by atoms with Crippen LogP contribution in [0.3, 0.4) is 0 Å². The van der Waals surface area contributed by atoms with Crippen molar-refractivity contribution in [3.63, 3.8) is 0 Å². The molecular formula is C54H43N3. The standard InChI is InChI=1S/C54H43N3/c1-3-13-36(14-4-1)37-23-27-41(28-24-37)56-49-20-10-7-17-43(49)46-33-38(25-30-52(46)56)39-26-31-53-47(34-39)44-18-8-12-22-51(44)57(53)42-29-32-54-48(35-42)45-19-9-11-21-50(45)55(54)40-15-5-2-6-16-40/h1-9,11-19,21-24,26-28,30-31,34-35,38,46H,10,20,25,29,32-33H2. The molecule has 3 heteroatoms. The van der Waals surface area contributed by atoms with Crippen LogP contribution in [0.5, 0.6) is 0 Å². The number of aromatic nitrogens is 2. The number of para-hydroxylation sites is 3. The molecule has 2 unspecified atom stereocenters. The molecule has 0 bridgehead atoms.